The summed E-state index contributed by atoms with van der Waals surface area (Å²) in [4.78, 5) is 55.5. The van der Waals surface area contributed by atoms with E-state index in [4.69, 9.17) is 9.47 Å². The number of benzene rings is 2. The molecule has 2 amide bonds. The van der Waals surface area contributed by atoms with Gasteiger partial charge in [-0.25, -0.2) is 9.97 Å². The van der Waals surface area contributed by atoms with Gasteiger partial charge >= 0.3 is 19.5 Å². The average Bonchev–Trinajstić information content (AvgIpc) is 4.17. The van der Waals surface area contributed by atoms with Gasteiger partial charge in [-0.05, 0) is 49.9 Å². The van der Waals surface area contributed by atoms with Gasteiger partial charge in [0.2, 0.25) is 11.8 Å². The average molecular weight is 882 g/mol. The van der Waals surface area contributed by atoms with Gasteiger partial charge in [0.15, 0.2) is 34.8 Å². The van der Waals surface area contributed by atoms with Crippen molar-refractivity contribution in [3.63, 3.8) is 0 Å². The smallest absolute Gasteiger partial charge is 0.543 e. The Balaban J connectivity index is 0.000000201. The van der Waals surface area contributed by atoms with Crippen molar-refractivity contribution < 1.29 is 58.3 Å². The maximum absolute atomic E-state index is 12.0. The van der Waals surface area contributed by atoms with Crippen LogP contribution in [0.5, 0.6) is 11.5 Å². The second-order valence-corrected chi connectivity index (χ2v) is 13.6. The summed E-state index contributed by atoms with van der Waals surface area (Å²) in [6.07, 6.45) is 6.43. The molecule has 4 N–H and O–H groups in total. The Labute approximate surface area is 359 Å². The number of anilines is 6. The van der Waals surface area contributed by atoms with E-state index in [0.717, 1.165) is 25.7 Å². The van der Waals surface area contributed by atoms with Crippen LogP contribution >= 0.6 is 0 Å². The minimum Gasteiger partial charge on any atom is -0.543 e. The van der Waals surface area contributed by atoms with Gasteiger partial charge in [-0.15, -0.1) is 20.4 Å². The number of hydrogen-bond acceptors (Lipinski definition) is 18. The minimum atomic E-state index is -1.51. The van der Waals surface area contributed by atoms with Gasteiger partial charge < -0.3 is 50.5 Å². The third kappa shape index (κ3) is 10.2. The predicted molar refractivity (Wildman–Crippen MR) is 208 cm³/mol. The number of amides is 2. The molecule has 2 saturated carbocycles. The van der Waals surface area contributed by atoms with E-state index in [0.29, 0.717) is 45.6 Å². The zero-order valence-electron chi connectivity index (χ0n) is 33.2. The Kier molecular flexibility index (Phi) is 13.2. The molecule has 22 nitrogen and oxygen atoms in total. The third-order valence-corrected chi connectivity index (χ3v) is 9.03. The van der Waals surface area contributed by atoms with Gasteiger partial charge in [0.1, 0.15) is 24.0 Å². The number of aromatic carboxylic acids is 2. The number of methoxy groups -OCH3 is 2. The van der Waals surface area contributed by atoms with Crippen LogP contribution in [0.1, 0.15) is 46.7 Å². The van der Waals surface area contributed by atoms with Crippen LogP contribution in [0.15, 0.2) is 61.2 Å². The largest absolute Gasteiger partial charge is 2.00 e. The fourth-order valence-electron chi connectivity index (χ4n) is 5.82. The van der Waals surface area contributed by atoms with Crippen molar-refractivity contribution in [3.8, 4) is 34.3 Å². The number of carbonyl (C=O) groups excluding carboxylic acids is 4. The van der Waals surface area contributed by atoms with E-state index in [1.54, 1.807) is 72.5 Å². The predicted octanol–water partition coefficient (Wildman–Crippen LogP) is 1.47. The van der Waals surface area contributed by atoms with E-state index >= 15 is 0 Å². The fourth-order valence-corrected chi connectivity index (χ4v) is 5.82. The van der Waals surface area contributed by atoms with E-state index in [1.807, 2.05) is 0 Å². The van der Waals surface area contributed by atoms with Crippen LogP contribution < -0.4 is 41.0 Å². The molecule has 0 bridgehead atoms. The van der Waals surface area contributed by atoms with Gasteiger partial charge in [0.25, 0.3) is 0 Å². The first kappa shape index (κ1) is 43.2. The van der Waals surface area contributed by atoms with Crippen LogP contribution in [-0.2, 0) is 43.2 Å². The molecule has 2 aliphatic carbocycles. The summed E-state index contributed by atoms with van der Waals surface area (Å²) < 4.78 is 14.2. The van der Waals surface area contributed by atoms with Crippen molar-refractivity contribution in [3.05, 3.63) is 72.6 Å². The second kappa shape index (κ2) is 18.7. The summed E-state index contributed by atoms with van der Waals surface area (Å²) in [5.41, 5.74) is 1.53. The fraction of sp³-hybridized carbons (Fsp3) is 0.263. The number of hydrogen-bond donors (Lipinski definition) is 4. The van der Waals surface area contributed by atoms with Crippen LogP contribution in [0.25, 0.3) is 22.8 Å². The Bertz CT molecular complexity index is 2430. The summed E-state index contributed by atoms with van der Waals surface area (Å²) in [5.74, 6) is -1.43. The number of aryl methyl sites for hydroxylation is 2. The normalized spacial score (nSPS) is 12.8. The zero-order chi connectivity index (χ0) is 42.5. The van der Waals surface area contributed by atoms with Crippen LogP contribution in [0.3, 0.4) is 0 Å². The molecule has 2 fully saturated rings. The van der Waals surface area contributed by atoms with E-state index in [1.165, 1.54) is 26.4 Å². The van der Waals surface area contributed by atoms with Crippen molar-refractivity contribution in [1.82, 2.24) is 49.9 Å². The molecule has 4 heterocycles. The number of carboxylic acids is 2. The molecule has 0 aliphatic heterocycles. The maximum atomic E-state index is 12.0. The molecular weight excluding hydrogens is 846 g/mol. The third-order valence-electron chi connectivity index (χ3n) is 9.03. The van der Waals surface area contributed by atoms with E-state index < -0.39 is 23.3 Å². The Hall–Kier alpha value is -7.42. The summed E-state index contributed by atoms with van der Waals surface area (Å²) in [6.45, 7) is 0. The standard InChI is InChI=1S/2C19H19N7O4.Zn/c2*1-26-9-20-17(25-26)11-4-3-5-12(16(11)30-2)21-13-8-14(22-18(27)10-6-7-10)23-24-15(13)19(28)29;/h2*3-5,8-10H,6-7H2,1-2H3,(H,28,29)(H2,21,22,23,27);/q;;+2/p-2. The number of nitrogens with one attached hydrogen (secondary N) is 4. The molecule has 0 unspecified atom stereocenters. The summed E-state index contributed by atoms with van der Waals surface area (Å²) in [5, 5.41) is 57.8. The Morgan fingerprint density at radius 3 is 1.33 bits per heavy atom. The van der Waals surface area contributed by atoms with Crippen LogP contribution in [0, 0.1) is 11.8 Å². The molecule has 4 aromatic heterocycles. The molecular formula is C38H36N14O8Zn. The van der Waals surface area contributed by atoms with E-state index in [-0.39, 0.29) is 66.1 Å². The molecule has 0 spiro atoms. The van der Waals surface area contributed by atoms with Crippen LogP contribution in [0.4, 0.5) is 34.4 Å². The first-order chi connectivity index (χ1) is 28.9. The van der Waals surface area contributed by atoms with Crippen molar-refractivity contribution in [2.24, 2.45) is 25.9 Å². The molecule has 6 aromatic rings. The first-order valence-electron chi connectivity index (χ1n) is 18.3. The van der Waals surface area contributed by atoms with Gasteiger partial charge in [-0.1, -0.05) is 12.1 Å². The quantitative estimate of drug-likeness (QED) is 0.113. The molecule has 8 rings (SSSR count). The molecule has 61 heavy (non-hydrogen) atoms. The van der Waals surface area contributed by atoms with Gasteiger partial charge in [0, 0.05) is 38.1 Å². The SMILES string of the molecule is COc1c(Nc2cc(NC(=O)C3CC3)nnc2C(=O)[O-])cccc1-c1ncn(C)n1.COc1c(Nc2cc(NC(=O)C3CC3)nnc2C(=O)[O-])cccc1-c1ncn(C)n1.[Zn+2]. The van der Waals surface area contributed by atoms with Crippen molar-refractivity contribution in [2.75, 3.05) is 35.5 Å². The van der Waals surface area contributed by atoms with Crippen LogP contribution in [-0.4, -0.2) is 87.9 Å². The second-order valence-electron chi connectivity index (χ2n) is 13.6. The molecule has 2 aliphatic rings. The number of ether oxygens (including phenoxy) is 2. The molecule has 308 valence electrons. The van der Waals surface area contributed by atoms with Crippen molar-refractivity contribution >= 4 is 58.1 Å². The summed E-state index contributed by atoms with van der Waals surface area (Å²) >= 11 is 0. The summed E-state index contributed by atoms with van der Waals surface area (Å²) in [6, 6.07) is 13.3. The molecule has 0 radical (unpaired) electrons. The van der Waals surface area contributed by atoms with Gasteiger partial charge in [-0.2, -0.15) is 10.2 Å². The molecule has 2 aromatic carbocycles. The van der Waals surface area contributed by atoms with Crippen molar-refractivity contribution in [1.29, 1.82) is 0 Å². The number of carboxylic acid groups (broad SMARTS) is 2. The van der Waals surface area contributed by atoms with E-state index in [2.05, 4.69) is 61.8 Å². The van der Waals surface area contributed by atoms with Crippen LogP contribution in [0.2, 0.25) is 0 Å². The Morgan fingerprint density at radius 2 is 1.02 bits per heavy atom. The van der Waals surface area contributed by atoms with Gasteiger partial charge in [0.05, 0.1) is 60.0 Å². The number of carbonyl (C=O) groups is 4. The maximum Gasteiger partial charge on any atom is 2.00 e. The topological polar surface area (TPSA) is 294 Å². The zero-order valence-corrected chi connectivity index (χ0v) is 36.2. The number of nitrogens with zero attached hydrogens (tertiary/aromatic N) is 10. The number of para-hydroxylation sites is 2. The molecule has 23 heteroatoms. The Morgan fingerprint density at radius 1 is 0.623 bits per heavy atom. The molecule has 0 atom stereocenters. The summed E-state index contributed by atoms with van der Waals surface area (Å²) in [7, 11) is 6.46. The van der Waals surface area contributed by atoms with Gasteiger partial charge in [-0.3, -0.25) is 19.0 Å². The minimum absolute atomic E-state index is 0. The first-order valence-corrected chi connectivity index (χ1v) is 18.3. The monoisotopic (exact) mass is 880 g/mol. The number of aromatic nitrogens is 10. The van der Waals surface area contributed by atoms with Crippen molar-refractivity contribution in [2.45, 2.75) is 25.7 Å². The number of rotatable bonds is 14. The van der Waals surface area contributed by atoms with E-state index in [9.17, 15) is 29.4 Å². The molecule has 0 saturated heterocycles.